The second-order valence-electron chi connectivity index (χ2n) is 9.05. The van der Waals surface area contributed by atoms with Crippen molar-refractivity contribution in [3.63, 3.8) is 0 Å². The van der Waals surface area contributed by atoms with E-state index >= 15 is 0 Å². The summed E-state index contributed by atoms with van der Waals surface area (Å²) >= 11 is 0. The van der Waals surface area contributed by atoms with Gasteiger partial charge in [0.15, 0.2) is 5.96 Å². The lowest BCUT2D eigenvalue weighted by molar-refractivity contribution is 0.270. The van der Waals surface area contributed by atoms with Crippen molar-refractivity contribution in [2.24, 2.45) is 4.99 Å². The van der Waals surface area contributed by atoms with Gasteiger partial charge in [-0.2, -0.15) is 0 Å². The monoisotopic (exact) mass is 449 g/mol. The number of hydrogen-bond acceptors (Lipinski definition) is 5. The van der Waals surface area contributed by atoms with Crippen LogP contribution in [0.15, 0.2) is 47.6 Å². The van der Waals surface area contributed by atoms with Crippen LogP contribution >= 0.6 is 0 Å². The minimum atomic E-state index is 0.395. The fourth-order valence-electron chi connectivity index (χ4n) is 4.54. The van der Waals surface area contributed by atoms with E-state index in [0.29, 0.717) is 12.6 Å². The maximum atomic E-state index is 4.84. The van der Waals surface area contributed by atoms with Gasteiger partial charge >= 0.3 is 0 Å². The van der Waals surface area contributed by atoms with Gasteiger partial charge in [-0.3, -0.25) is 0 Å². The number of anilines is 2. The summed E-state index contributed by atoms with van der Waals surface area (Å²) in [6, 6.07) is 13.5. The van der Waals surface area contributed by atoms with E-state index in [1.807, 2.05) is 6.20 Å². The molecule has 2 fully saturated rings. The van der Waals surface area contributed by atoms with E-state index in [1.165, 1.54) is 11.3 Å². The highest BCUT2D eigenvalue weighted by atomic mass is 15.3. The van der Waals surface area contributed by atoms with Gasteiger partial charge in [0.25, 0.3) is 0 Å². The van der Waals surface area contributed by atoms with Gasteiger partial charge in [0.1, 0.15) is 5.82 Å². The number of aromatic nitrogens is 1. The molecule has 2 N–H and O–H groups in total. The average molecular weight is 450 g/mol. The SMILES string of the molecule is CCNC(=NCc1ccc(N2CCN(CC)CC2)nc1)NC1CCN(c2ccc(C)cc2)C1. The summed E-state index contributed by atoms with van der Waals surface area (Å²) in [5, 5.41) is 7.04. The molecule has 2 aliphatic heterocycles. The first-order chi connectivity index (χ1) is 16.1. The second kappa shape index (κ2) is 11.4. The van der Waals surface area contributed by atoms with Gasteiger partial charge in [-0.1, -0.05) is 30.7 Å². The predicted octanol–water partition coefficient (Wildman–Crippen LogP) is 2.87. The Morgan fingerprint density at radius 3 is 2.45 bits per heavy atom. The van der Waals surface area contributed by atoms with Gasteiger partial charge in [0, 0.05) is 63.7 Å². The summed E-state index contributed by atoms with van der Waals surface area (Å²) in [4.78, 5) is 16.9. The summed E-state index contributed by atoms with van der Waals surface area (Å²) in [6.07, 6.45) is 3.09. The van der Waals surface area contributed by atoms with E-state index in [2.05, 4.69) is 82.5 Å². The number of aryl methyl sites for hydroxylation is 1. The van der Waals surface area contributed by atoms with Crippen molar-refractivity contribution in [2.45, 2.75) is 39.8 Å². The smallest absolute Gasteiger partial charge is 0.191 e. The molecule has 7 nitrogen and oxygen atoms in total. The van der Waals surface area contributed by atoms with Crippen molar-refractivity contribution in [2.75, 3.05) is 62.2 Å². The van der Waals surface area contributed by atoms with Crippen LogP contribution in [0.25, 0.3) is 0 Å². The minimum absolute atomic E-state index is 0.395. The van der Waals surface area contributed by atoms with Gasteiger partial charge in [-0.15, -0.1) is 0 Å². The third-order valence-corrected chi connectivity index (χ3v) is 6.64. The Morgan fingerprint density at radius 2 is 1.79 bits per heavy atom. The third-order valence-electron chi connectivity index (χ3n) is 6.64. The van der Waals surface area contributed by atoms with Gasteiger partial charge in [0.05, 0.1) is 6.54 Å². The Hall–Kier alpha value is -2.80. The average Bonchev–Trinajstić information content (AvgIpc) is 3.32. The maximum Gasteiger partial charge on any atom is 0.191 e. The van der Waals surface area contributed by atoms with Crippen LogP contribution in [0.4, 0.5) is 11.5 Å². The first-order valence-electron chi connectivity index (χ1n) is 12.4. The zero-order chi connectivity index (χ0) is 23.0. The maximum absolute atomic E-state index is 4.84. The molecule has 0 saturated carbocycles. The van der Waals surface area contributed by atoms with Gasteiger partial charge in [0.2, 0.25) is 0 Å². The van der Waals surface area contributed by atoms with Crippen LogP contribution in [-0.2, 0) is 6.54 Å². The topological polar surface area (TPSA) is 59.0 Å². The molecule has 0 radical (unpaired) electrons. The summed E-state index contributed by atoms with van der Waals surface area (Å²) in [5.74, 6) is 1.96. The molecule has 0 aliphatic carbocycles. The van der Waals surface area contributed by atoms with Crippen LogP contribution in [-0.4, -0.2) is 74.2 Å². The number of nitrogens with zero attached hydrogens (tertiary/aromatic N) is 5. The molecule has 0 bridgehead atoms. The third kappa shape index (κ3) is 6.38. The Balaban J connectivity index is 1.30. The summed E-state index contributed by atoms with van der Waals surface area (Å²) < 4.78 is 0. The number of nitrogens with one attached hydrogen (secondary N) is 2. The summed E-state index contributed by atoms with van der Waals surface area (Å²) in [7, 11) is 0. The van der Waals surface area contributed by atoms with E-state index in [4.69, 9.17) is 9.98 Å². The molecular formula is C26H39N7. The lowest BCUT2D eigenvalue weighted by atomic mass is 10.2. The van der Waals surface area contributed by atoms with E-state index in [9.17, 15) is 0 Å². The van der Waals surface area contributed by atoms with Crippen molar-refractivity contribution < 1.29 is 0 Å². The predicted molar refractivity (Wildman–Crippen MR) is 138 cm³/mol. The van der Waals surface area contributed by atoms with Crippen molar-refractivity contribution in [1.82, 2.24) is 20.5 Å². The molecule has 7 heteroatoms. The normalized spacial score (nSPS) is 19.7. The van der Waals surface area contributed by atoms with E-state index in [-0.39, 0.29) is 0 Å². The zero-order valence-electron chi connectivity index (χ0n) is 20.4. The van der Waals surface area contributed by atoms with Gasteiger partial charge in [-0.25, -0.2) is 9.98 Å². The number of rotatable bonds is 7. The van der Waals surface area contributed by atoms with E-state index in [1.54, 1.807) is 0 Å². The molecule has 4 rings (SSSR count). The Bertz CT molecular complexity index is 886. The molecule has 1 aromatic carbocycles. The van der Waals surface area contributed by atoms with E-state index < -0.39 is 0 Å². The molecule has 3 heterocycles. The van der Waals surface area contributed by atoms with Crippen LogP contribution in [0.2, 0.25) is 0 Å². The number of guanidine groups is 1. The Labute approximate surface area is 198 Å². The minimum Gasteiger partial charge on any atom is -0.369 e. The number of hydrogen-bond donors (Lipinski definition) is 2. The molecule has 1 unspecified atom stereocenters. The van der Waals surface area contributed by atoms with Crippen molar-refractivity contribution >= 4 is 17.5 Å². The van der Waals surface area contributed by atoms with E-state index in [0.717, 1.165) is 76.1 Å². The summed E-state index contributed by atoms with van der Waals surface area (Å²) in [6.45, 7) is 15.5. The van der Waals surface area contributed by atoms with Crippen molar-refractivity contribution in [3.8, 4) is 0 Å². The molecule has 0 amide bonds. The fourth-order valence-corrected chi connectivity index (χ4v) is 4.54. The van der Waals surface area contributed by atoms with Gasteiger partial charge < -0.3 is 25.3 Å². The molecule has 2 aromatic rings. The number of piperazine rings is 1. The Kier molecular flexibility index (Phi) is 8.05. The molecule has 2 saturated heterocycles. The second-order valence-corrected chi connectivity index (χ2v) is 9.05. The molecule has 0 spiro atoms. The number of pyridine rings is 1. The quantitative estimate of drug-likeness (QED) is 0.501. The van der Waals surface area contributed by atoms with Crippen LogP contribution in [0.1, 0.15) is 31.4 Å². The number of aliphatic imine (C=N–C) groups is 1. The number of likely N-dealkylation sites (N-methyl/N-ethyl adjacent to an activating group) is 1. The summed E-state index contributed by atoms with van der Waals surface area (Å²) in [5.41, 5.74) is 3.74. The number of benzene rings is 1. The first-order valence-corrected chi connectivity index (χ1v) is 12.4. The highest BCUT2D eigenvalue weighted by Crippen LogP contribution is 2.21. The first kappa shape index (κ1) is 23.4. The fraction of sp³-hybridized carbons (Fsp3) is 0.538. The van der Waals surface area contributed by atoms with Crippen LogP contribution in [0.5, 0.6) is 0 Å². The molecule has 33 heavy (non-hydrogen) atoms. The van der Waals surface area contributed by atoms with Crippen LogP contribution in [0, 0.1) is 6.92 Å². The largest absolute Gasteiger partial charge is 0.369 e. The molecule has 1 atom stereocenters. The van der Waals surface area contributed by atoms with Crippen LogP contribution < -0.4 is 20.4 Å². The molecule has 178 valence electrons. The molecule has 2 aliphatic rings. The van der Waals surface area contributed by atoms with Crippen molar-refractivity contribution in [1.29, 1.82) is 0 Å². The molecule has 1 aromatic heterocycles. The lowest BCUT2D eigenvalue weighted by Crippen LogP contribution is -2.46. The zero-order valence-corrected chi connectivity index (χ0v) is 20.4. The molecular weight excluding hydrogens is 410 g/mol. The lowest BCUT2D eigenvalue weighted by Gasteiger charge is -2.34. The standard InChI is InChI=1S/C26H39N7/c1-4-27-26(30-23-12-13-33(20-23)24-9-6-21(3)7-10-24)29-19-22-8-11-25(28-18-22)32-16-14-31(5-2)15-17-32/h6-11,18,23H,4-5,12-17,19-20H2,1-3H3,(H2,27,29,30). The van der Waals surface area contributed by atoms with Gasteiger partial charge in [-0.05, 0) is 50.6 Å². The highest BCUT2D eigenvalue weighted by molar-refractivity contribution is 5.80. The highest BCUT2D eigenvalue weighted by Gasteiger charge is 2.23. The van der Waals surface area contributed by atoms with Crippen LogP contribution in [0.3, 0.4) is 0 Å². The Morgan fingerprint density at radius 1 is 1.00 bits per heavy atom. The van der Waals surface area contributed by atoms with Crippen molar-refractivity contribution in [3.05, 3.63) is 53.7 Å².